The van der Waals surface area contributed by atoms with Crippen LogP contribution in [-0.2, 0) is 30.4 Å². The fraction of sp³-hybridized carbons (Fsp3) is 0.389. The molecule has 0 aliphatic carbocycles. The van der Waals surface area contributed by atoms with Crippen LogP contribution >= 0.6 is 0 Å². The summed E-state index contributed by atoms with van der Waals surface area (Å²) in [7, 11) is 0. The fourth-order valence-corrected chi connectivity index (χ4v) is 2.37. The minimum absolute atomic E-state index is 0.0232. The first-order valence-electron chi connectivity index (χ1n) is 8.72. The molecule has 0 saturated carbocycles. The summed E-state index contributed by atoms with van der Waals surface area (Å²) in [5.41, 5.74) is 5.86. The normalized spacial score (nSPS) is 13.4. The topological polar surface area (TPSA) is 188 Å². The molecule has 0 radical (unpaired) electrons. The molecule has 0 heterocycles. The molecule has 0 aliphatic heterocycles. The van der Waals surface area contributed by atoms with E-state index in [2.05, 4.69) is 16.0 Å². The number of hydrogen-bond donors (Lipinski definition) is 6. The second kappa shape index (κ2) is 11.4. The van der Waals surface area contributed by atoms with E-state index in [1.54, 1.807) is 30.3 Å². The summed E-state index contributed by atoms with van der Waals surface area (Å²) in [6, 6.07) is 4.76. The van der Waals surface area contributed by atoms with Crippen LogP contribution in [-0.4, -0.2) is 64.5 Å². The zero-order chi connectivity index (χ0) is 22.0. The van der Waals surface area contributed by atoms with Crippen LogP contribution < -0.4 is 21.7 Å². The van der Waals surface area contributed by atoms with Gasteiger partial charge in [-0.1, -0.05) is 30.3 Å². The lowest BCUT2D eigenvalue weighted by atomic mass is 10.0. The predicted octanol–water partition coefficient (Wildman–Crippen LogP) is -1.78. The third-order valence-electron chi connectivity index (χ3n) is 3.87. The van der Waals surface area contributed by atoms with Crippen molar-refractivity contribution >= 4 is 29.7 Å². The molecular formula is C18H24N4O7. The highest BCUT2D eigenvalue weighted by Crippen LogP contribution is 2.05. The van der Waals surface area contributed by atoms with Crippen LogP contribution in [0.25, 0.3) is 0 Å². The summed E-state index contributed by atoms with van der Waals surface area (Å²) >= 11 is 0. The van der Waals surface area contributed by atoms with Crippen molar-refractivity contribution in [2.75, 3.05) is 6.54 Å². The van der Waals surface area contributed by atoms with Gasteiger partial charge >= 0.3 is 11.9 Å². The van der Waals surface area contributed by atoms with E-state index in [0.29, 0.717) is 5.56 Å². The van der Waals surface area contributed by atoms with E-state index in [0.717, 1.165) is 0 Å². The second-order valence-electron chi connectivity index (χ2n) is 6.24. The molecule has 0 aliphatic rings. The average Bonchev–Trinajstić information content (AvgIpc) is 2.66. The lowest BCUT2D eigenvalue weighted by Gasteiger charge is -2.23. The lowest BCUT2D eigenvalue weighted by molar-refractivity contribution is -0.147. The summed E-state index contributed by atoms with van der Waals surface area (Å²) in [4.78, 5) is 58.3. The maximum absolute atomic E-state index is 12.6. The fourth-order valence-electron chi connectivity index (χ4n) is 2.37. The third-order valence-corrected chi connectivity index (χ3v) is 3.87. The van der Waals surface area contributed by atoms with Gasteiger partial charge in [-0.3, -0.25) is 19.2 Å². The van der Waals surface area contributed by atoms with E-state index >= 15 is 0 Å². The van der Waals surface area contributed by atoms with E-state index in [9.17, 15) is 24.0 Å². The van der Waals surface area contributed by atoms with Gasteiger partial charge in [-0.05, 0) is 12.5 Å². The van der Waals surface area contributed by atoms with Crippen LogP contribution in [0.2, 0.25) is 0 Å². The smallest absolute Gasteiger partial charge is 0.326 e. The van der Waals surface area contributed by atoms with Gasteiger partial charge in [0.25, 0.3) is 0 Å². The molecule has 11 heteroatoms. The molecule has 0 aromatic heterocycles. The number of carbonyl (C=O) groups excluding carboxylic acids is 3. The Morgan fingerprint density at radius 3 is 2.03 bits per heavy atom. The van der Waals surface area contributed by atoms with Gasteiger partial charge < -0.3 is 31.9 Å². The van der Waals surface area contributed by atoms with Gasteiger partial charge in [0, 0.05) is 6.42 Å². The molecule has 1 aromatic rings. The van der Waals surface area contributed by atoms with Crippen LogP contribution in [0.15, 0.2) is 30.3 Å². The third kappa shape index (κ3) is 8.39. The largest absolute Gasteiger partial charge is 0.481 e. The van der Waals surface area contributed by atoms with Crippen LogP contribution in [0, 0.1) is 0 Å². The van der Waals surface area contributed by atoms with Crippen molar-refractivity contribution in [3.05, 3.63) is 35.9 Å². The first-order valence-corrected chi connectivity index (χ1v) is 8.72. The molecular weight excluding hydrogens is 384 g/mol. The first kappa shape index (κ1) is 23.6. The summed E-state index contributed by atoms with van der Waals surface area (Å²) in [5.74, 6) is -5.04. The lowest BCUT2D eigenvalue weighted by Crippen LogP contribution is -2.56. The number of rotatable bonds is 11. The van der Waals surface area contributed by atoms with Gasteiger partial charge in [0.2, 0.25) is 17.7 Å². The minimum atomic E-state index is -1.66. The summed E-state index contributed by atoms with van der Waals surface area (Å²) in [6.45, 7) is 1.08. The number of carboxylic acid groups (broad SMARTS) is 2. The number of hydrogen-bond acceptors (Lipinski definition) is 6. The molecule has 29 heavy (non-hydrogen) atoms. The van der Waals surface area contributed by atoms with Crippen LogP contribution in [0.5, 0.6) is 0 Å². The number of carboxylic acids is 2. The molecule has 11 nitrogen and oxygen atoms in total. The number of benzene rings is 1. The van der Waals surface area contributed by atoms with E-state index < -0.39 is 54.2 Å². The molecule has 7 N–H and O–H groups in total. The number of amides is 3. The molecule has 1 rings (SSSR count). The Morgan fingerprint density at radius 1 is 0.931 bits per heavy atom. The Kier molecular flexibility index (Phi) is 9.26. The predicted molar refractivity (Wildman–Crippen MR) is 101 cm³/mol. The number of aliphatic carboxylic acids is 2. The maximum atomic E-state index is 12.6. The summed E-state index contributed by atoms with van der Waals surface area (Å²) < 4.78 is 0. The number of carbonyl (C=O) groups is 5. The molecule has 3 unspecified atom stereocenters. The highest BCUT2D eigenvalue weighted by Gasteiger charge is 2.29. The van der Waals surface area contributed by atoms with Crippen LogP contribution in [0.3, 0.4) is 0 Å². The highest BCUT2D eigenvalue weighted by molar-refractivity contribution is 5.94. The summed E-state index contributed by atoms with van der Waals surface area (Å²) in [6.07, 6.45) is -0.800. The number of nitrogens with two attached hydrogens (primary N) is 1. The first-order chi connectivity index (χ1) is 13.6. The van der Waals surface area contributed by atoms with Crippen molar-refractivity contribution in [1.82, 2.24) is 16.0 Å². The van der Waals surface area contributed by atoms with Crippen molar-refractivity contribution in [2.24, 2.45) is 5.73 Å². The average molecular weight is 408 g/mol. The van der Waals surface area contributed by atoms with E-state index in [4.69, 9.17) is 15.9 Å². The Hall–Kier alpha value is -3.47. The van der Waals surface area contributed by atoms with Crippen molar-refractivity contribution < 1.29 is 34.2 Å². The maximum Gasteiger partial charge on any atom is 0.326 e. The van der Waals surface area contributed by atoms with Gasteiger partial charge in [0.05, 0.1) is 13.0 Å². The zero-order valence-electron chi connectivity index (χ0n) is 15.8. The van der Waals surface area contributed by atoms with Gasteiger partial charge in [-0.2, -0.15) is 0 Å². The number of nitrogens with one attached hydrogen (secondary N) is 3. The van der Waals surface area contributed by atoms with Gasteiger partial charge in [0.1, 0.15) is 18.1 Å². The van der Waals surface area contributed by atoms with Crippen molar-refractivity contribution in [2.45, 2.75) is 37.9 Å². The molecule has 0 bridgehead atoms. The van der Waals surface area contributed by atoms with Crippen molar-refractivity contribution in [3.63, 3.8) is 0 Å². The van der Waals surface area contributed by atoms with Crippen molar-refractivity contribution in [1.29, 1.82) is 0 Å². The summed E-state index contributed by atoms with van der Waals surface area (Å²) in [5, 5.41) is 24.8. The Labute approximate surface area is 166 Å². The van der Waals surface area contributed by atoms with Crippen LogP contribution in [0.1, 0.15) is 18.9 Å². The molecule has 158 valence electrons. The SMILES string of the molecule is CC(NC(=O)CN)C(=O)NC(Cc1ccccc1)C(=O)NC(CC(=O)O)C(=O)O. The highest BCUT2D eigenvalue weighted by atomic mass is 16.4. The van der Waals surface area contributed by atoms with E-state index in [1.165, 1.54) is 6.92 Å². The minimum Gasteiger partial charge on any atom is -0.481 e. The quantitative estimate of drug-likeness (QED) is 0.248. The molecule has 3 atom stereocenters. The standard InChI is InChI=1S/C18H24N4O7/c1-10(20-14(23)9-19)16(26)21-12(7-11-5-3-2-4-6-11)17(27)22-13(18(28)29)8-15(24)25/h2-6,10,12-13H,7-9,19H2,1H3,(H,20,23)(H,21,26)(H,22,27)(H,24,25)(H,28,29). The Bertz CT molecular complexity index is 754. The molecule has 0 spiro atoms. The Balaban J connectivity index is 2.96. The van der Waals surface area contributed by atoms with Gasteiger partial charge in [0.15, 0.2) is 0 Å². The zero-order valence-corrected chi connectivity index (χ0v) is 15.8. The van der Waals surface area contributed by atoms with Crippen molar-refractivity contribution in [3.8, 4) is 0 Å². The molecule has 1 aromatic carbocycles. The van der Waals surface area contributed by atoms with Crippen LogP contribution in [0.4, 0.5) is 0 Å². The molecule has 0 fully saturated rings. The Morgan fingerprint density at radius 2 is 1.52 bits per heavy atom. The molecule has 0 saturated heterocycles. The monoisotopic (exact) mass is 408 g/mol. The second-order valence-corrected chi connectivity index (χ2v) is 6.24. The van der Waals surface area contributed by atoms with Gasteiger partial charge in [-0.15, -0.1) is 0 Å². The van der Waals surface area contributed by atoms with E-state index in [1.807, 2.05) is 0 Å². The molecule has 3 amide bonds. The van der Waals surface area contributed by atoms with E-state index in [-0.39, 0.29) is 13.0 Å². The van der Waals surface area contributed by atoms with Gasteiger partial charge in [-0.25, -0.2) is 4.79 Å².